The predicted octanol–water partition coefficient (Wildman–Crippen LogP) is 2.30. The molecular weight excluding hydrogens is 243 g/mol. The first-order valence-corrected chi connectivity index (χ1v) is 6.71. The minimum absolute atomic E-state index is 0.168. The van der Waals surface area contributed by atoms with E-state index in [1.807, 2.05) is 6.92 Å². The van der Waals surface area contributed by atoms with Gasteiger partial charge in [-0.2, -0.15) is 0 Å². The van der Waals surface area contributed by atoms with E-state index in [2.05, 4.69) is 11.9 Å². The molecule has 0 saturated carbocycles. The van der Waals surface area contributed by atoms with Crippen LogP contribution in [0.2, 0.25) is 0 Å². The van der Waals surface area contributed by atoms with Gasteiger partial charge in [0, 0.05) is 19.6 Å². The molecule has 1 aromatic carbocycles. The summed E-state index contributed by atoms with van der Waals surface area (Å²) in [4.78, 5) is 16.2. The van der Waals surface area contributed by atoms with Crippen molar-refractivity contribution in [3.8, 4) is 0 Å². The van der Waals surface area contributed by atoms with E-state index in [4.69, 9.17) is 0 Å². The van der Waals surface area contributed by atoms with Gasteiger partial charge >= 0.3 is 0 Å². The average molecular weight is 264 g/mol. The highest BCUT2D eigenvalue weighted by atomic mass is 19.1. The minimum Gasteiger partial charge on any atom is -0.337 e. The third-order valence-corrected chi connectivity index (χ3v) is 3.82. The number of carbonyl (C=O) groups is 1. The summed E-state index contributed by atoms with van der Waals surface area (Å²) in [6.45, 7) is 3.74. The molecule has 1 heterocycles. The Hall–Kier alpha value is -1.42. The smallest absolute Gasteiger partial charge is 0.256 e. The Morgan fingerprint density at radius 2 is 2.21 bits per heavy atom. The number of rotatable bonds is 2. The van der Waals surface area contributed by atoms with Gasteiger partial charge in [-0.1, -0.05) is 6.07 Å². The van der Waals surface area contributed by atoms with Crippen LogP contribution in [0.3, 0.4) is 0 Å². The molecule has 0 aliphatic carbocycles. The van der Waals surface area contributed by atoms with Crippen LogP contribution >= 0.6 is 0 Å². The maximum Gasteiger partial charge on any atom is 0.256 e. The minimum atomic E-state index is -0.430. The van der Waals surface area contributed by atoms with E-state index in [0.29, 0.717) is 0 Å². The SMILES string of the molecule is Cc1ccc(C(=O)N(C)C2CCCN(C)C2)c(F)c1. The van der Waals surface area contributed by atoms with Crippen molar-refractivity contribution in [2.45, 2.75) is 25.8 Å². The summed E-state index contributed by atoms with van der Waals surface area (Å²) in [6.07, 6.45) is 2.06. The molecule has 1 aliphatic heterocycles. The Kier molecular flexibility index (Phi) is 4.20. The van der Waals surface area contributed by atoms with Crippen molar-refractivity contribution in [1.29, 1.82) is 0 Å². The molecule has 1 amide bonds. The lowest BCUT2D eigenvalue weighted by Gasteiger charge is -2.35. The Labute approximate surface area is 114 Å². The lowest BCUT2D eigenvalue weighted by Crippen LogP contribution is -2.47. The van der Waals surface area contributed by atoms with Gasteiger partial charge in [0.1, 0.15) is 5.82 Å². The molecule has 2 rings (SSSR count). The van der Waals surface area contributed by atoms with Crippen LogP contribution in [0.4, 0.5) is 4.39 Å². The van der Waals surface area contributed by atoms with Crippen LogP contribution in [-0.2, 0) is 0 Å². The molecule has 1 fully saturated rings. The van der Waals surface area contributed by atoms with E-state index in [9.17, 15) is 9.18 Å². The second-order valence-electron chi connectivity index (χ2n) is 5.46. The molecule has 0 N–H and O–H groups in total. The Morgan fingerprint density at radius 1 is 1.47 bits per heavy atom. The van der Waals surface area contributed by atoms with Crippen molar-refractivity contribution < 1.29 is 9.18 Å². The Balaban J connectivity index is 2.14. The highest BCUT2D eigenvalue weighted by Crippen LogP contribution is 2.18. The van der Waals surface area contributed by atoms with Gasteiger partial charge in [0.05, 0.1) is 5.56 Å². The summed E-state index contributed by atoms with van der Waals surface area (Å²) in [5.41, 5.74) is 0.996. The second kappa shape index (κ2) is 5.70. The van der Waals surface area contributed by atoms with Gasteiger partial charge in [0.25, 0.3) is 5.91 Å². The van der Waals surface area contributed by atoms with Gasteiger partial charge in [-0.15, -0.1) is 0 Å². The van der Waals surface area contributed by atoms with Crippen LogP contribution in [0, 0.1) is 12.7 Å². The number of halogens is 1. The maximum atomic E-state index is 13.8. The molecule has 1 aliphatic rings. The number of hydrogen-bond donors (Lipinski definition) is 0. The number of aryl methyl sites for hydroxylation is 1. The van der Waals surface area contributed by atoms with Crippen molar-refractivity contribution >= 4 is 5.91 Å². The molecule has 0 spiro atoms. The molecule has 3 nitrogen and oxygen atoms in total. The topological polar surface area (TPSA) is 23.6 Å². The molecule has 0 bridgehead atoms. The third-order valence-electron chi connectivity index (χ3n) is 3.82. The molecule has 1 unspecified atom stereocenters. The molecule has 0 radical (unpaired) electrons. The lowest BCUT2D eigenvalue weighted by molar-refractivity contribution is 0.0639. The zero-order valence-electron chi connectivity index (χ0n) is 11.8. The number of hydrogen-bond acceptors (Lipinski definition) is 2. The van der Waals surface area contributed by atoms with Crippen molar-refractivity contribution in [1.82, 2.24) is 9.80 Å². The van der Waals surface area contributed by atoms with Gasteiger partial charge in [-0.05, 0) is 51.1 Å². The van der Waals surface area contributed by atoms with Crippen LogP contribution in [0.1, 0.15) is 28.8 Å². The molecule has 0 aromatic heterocycles. The average Bonchev–Trinajstić information content (AvgIpc) is 2.37. The van der Waals surface area contributed by atoms with Crippen LogP contribution in [-0.4, -0.2) is 48.9 Å². The van der Waals surface area contributed by atoms with Crippen molar-refractivity contribution in [2.75, 3.05) is 27.2 Å². The van der Waals surface area contributed by atoms with Crippen molar-refractivity contribution in [3.63, 3.8) is 0 Å². The maximum absolute atomic E-state index is 13.8. The van der Waals surface area contributed by atoms with Crippen LogP contribution in [0.5, 0.6) is 0 Å². The zero-order valence-corrected chi connectivity index (χ0v) is 11.8. The van der Waals surface area contributed by atoms with E-state index in [1.54, 1.807) is 24.1 Å². The van der Waals surface area contributed by atoms with Gasteiger partial charge < -0.3 is 9.80 Å². The van der Waals surface area contributed by atoms with Crippen LogP contribution in [0.25, 0.3) is 0 Å². The van der Waals surface area contributed by atoms with Crippen LogP contribution in [0.15, 0.2) is 18.2 Å². The fourth-order valence-corrected chi connectivity index (χ4v) is 2.60. The predicted molar refractivity (Wildman–Crippen MR) is 73.7 cm³/mol. The summed E-state index contributed by atoms with van der Waals surface area (Å²) in [6, 6.07) is 4.94. The highest BCUT2D eigenvalue weighted by molar-refractivity contribution is 5.94. The highest BCUT2D eigenvalue weighted by Gasteiger charge is 2.26. The normalized spacial score (nSPS) is 20.3. The summed E-state index contributed by atoms with van der Waals surface area (Å²) >= 11 is 0. The summed E-state index contributed by atoms with van der Waals surface area (Å²) in [7, 11) is 3.82. The summed E-state index contributed by atoms with van der Waals surface area (Å²) < 4.78 is 13.8. The molecule has 1 aromatic rings. The molecule has 19 heavy (non-hydrogen) atoms. The van der Waals surface area contributed by atoms with Gasteiger partial charge in [-0.3, -0.25) is 4.79 Å². The van der Waals surface area contributed by atoms with E-state index < -0.39 is 5.82 Å². The first-order chi connectivity index (χ1) is 8.99. The number of carbonyl (C=O) groups excluding carboxylic acids is 1. The monoisotopic (exact) mass is 264 g/mol. The first kappa shape index (κ1) is 14.0. The van der Waals surface area contributed by atoms with Crippen LogP contribution < -0.4 is 0 Å². The Bertz CT molecular complexity index is 475. The lowest BCUT2D eigenvalue weighted by atomic mass is 10.0. The third kappa shape index (κ3) is 3.13. The molecule has 1 atom stereocenters. The van der Waals surface area contributed by atoms with E-state index in [1.165, 1.54) is 6.07 Å². The molecule has 104 valence electrons. The zero-order chi connectivity index (χ0) is 14.0. The number of likely N-dealkylation sites (tertiary alicyclic amines) is 1. The second-order valence-corrected chi connectivity index (χ2v) is 5.46. The molecular formula is C15H21FN2O. The largest absolute Gasteiger partial charge is 0.337 e. The number of piperidine rings is 1. The van der Waals surface area contributed by atoms with E-state index >= 15 is 0 Å². The first-order valence-electron chi connectivity index (χ1n) is 6.71. The number of nitrogens with zero attached hydrogens (tertiary/aromatic N) is 2. The van der Waals surface area contributed by atoms with Crippen molar-refractivity contribution in [2.24, 2.45) is 0 Å². The fourth-order valence-electron chi connectivity index (χ4n) is 2.60. The van der Waals surface area contributed by atoms with Gasteiger partial charge in [0.2, 0.25) is 0 Å². The molecule has 4 heteroatoms. The molecule has 1 saturated heterocycles. The standard InChI is InChI=1S/C15H21FN2O/c1-11-6-7-13(14(16)9-11)15(19)18(3)12-5-4-8-17(2)10-12/h6-7,9,12H,4-5,8,10H2,1-3H3. The Morgan fingerprint density at radius 3 is 2.84 bits per heavy atom. The van der Waals surface area contributed by atoms with Gasteiger partial charge in [0.15, 0.2) is 0 Å². The van der Waals surface area contributed by atoms with Gasteiger partial charge in [-0.25, -0.2) is 4.39 Å². The summed E-state index contributed by atoms with van der Waals surface area (Å²) in [5.74, 6) is -0.654. The fraction of sp³-hybridized carbons (Fsp3) is 0.533. The van der Waals surface area contributed by atoms with E-state index in [-0.39, 0.29) is 17.5 Å². The summed E-state index contributed by atoms with van der Waals surface area (Å²) in [5, 5.41) is 0. The number of amides is 1. The number of benzene rings is 1. The van der Waals surface area contributed by atoms with Crippen molar-refractivity contribution in [3.05, 3.63) is 35.1 Å². The van der Waals surface area contributed by atoms with E-state index in [0.717, 1.165) is 31.5 Å². The number of likely N-dealkylation sites (N-methyl/N-ethyl adjacent to an activating group) is 2. The quantitative estimate of drug-likeness (QED) is 0.818.